The zero-order chi connectivity index (χ0) is 21.2. The molecule has 0 N–H and O–H groups in total. The molecule has 0 aliphatic heterocycles. The van der Waals surface area contributed by atoms with E-state index >= 15 is 0 Å². The summed E-state index contributed by atoms with van der Waals surface area (Å²) in [6, 6.07) is 7.80. The molecule has 3 aromatic rings. The molecule has 0 atom stereocenters. The minimum Gasteiger partial charge on any atom is -0.255 e. The lowest BCUT2D eigenvalue weighted by molar-refractivity contribution is -0.143. The summed E-state index contributed by atoms with van der Waals surface area (Å²) in [4.78, 5) is 7.74. The first-order valence-electron chi connectivity index (χ1n) is 7.82. The smallest absolute Gasteiger partial charge is 0.255 e. The van der Waals surface area contributed by atoms with Crippen LogP contribution in [-0.4, -0.2) is 19.7 Å². The Kier molecular flexibility index (Phi) is 5.11. The van der Waals surface area contributed by atoms with E-state index in [0.29, 0.717) is 17.8 Å². The van der Waals surface area contributed by atoms with Crippen molar-refractivity contribution in [3.63, 3.8) is 0 Å². The highest BCUT2D eigenvalue weighted by Crippen LogP contribution is 2.38. The average Bonchev–Trinajstić information content (AvgIpc) is 3.14. The lowest BCUT2D eigenvalue weighted by Gasteiger charge is -2.13. The molecule has 2 aromatic heterocycles. The largest absolute Gasteiger partial charge is 0.416 e. The summed E-state index contributed by atoms with van der Waals surface area (Å²) in [5, 5.41) is 13.1. The van der Waals surface area contributed by atoms with Gasteiger partial charge in [-0.2, -0.15) is 31.6 Å². The number of benzene rings is 1. The minimum absolute atomic E-state index is 0.0231. The van der Waals surface area contributed by atoms with Crippen LogP contribution >= 0.6 is 0 Å². The van der Waals surface area contributed by atoms with Crippen LogP contribution in [0.25, 0.3) is 23.2 Å². The average molecular weight is 409 g/mol. The van der Waals surface area contributed by atoms with Crippen LogP contribution in [0.5, 0.6) is 0 Å². The molecular weight excluding hydrogens is 400 g/mol. The fraction of sp³-hybridized carbons (Fsp3) is 0.111. The Morgan fingerprint density at radius 1 is 0.966 bits per heavy atom. The van der Waals surface area contributed by atoms with E-state index in [4.69, 9.17) is 0 Å². The van der Waals surface area contributed by atoms with Gasteiger partial charge in [-0.3, -0.25) is 4.98 Å². The van der Waals surface area contributed by atoms with Crippen LogP contribution in [0.15, 0.2) is 48.9 Å². The Morgan fingerprint density at radius 2 is 1.62 bits per heavy atom. The lowest BCUT2D eigenvalue weighted by atomic mass is 10.0. The SMILES string of the molecule is N#C/C(=C\n1cnc(-c2cc(C(F)(F)F)cc(C(F)(F)F)c2)n1)c1ccccn1. The van der Waals surface area contributed by atoms with Gasteiger partial charge in [-0.25, -0.2) is 9.67 Å². The predicted molar refractivity (Wildman–Crippen MR) is 89.5 cm³/mol. The Labute approximate surface area is 159 Å². The van der Waals surface area contributed by atoms with E-state index in [9.17, 15) is 31.6 Å². The second-order valence-corrected chi connectivity index (χ2v) is 5.71. The molecule has 0 saturated carbocycles. The van der Waals surface area contributed by atoms with Crippen LogP contribution in [0.4, 0.5) is 26.3 Å². The third-order valence-electron chi connectivity index (χ3n) is 3.68. The molecule has 1 aromatic carbocycles. The van der Waals surface area contributed by atoms with Gasteiger partial charge in [0.1, 0.15) is 12.4 Å². The van der Waals surface area contributed by atoms with Crippen molar-refractivity contribution in [2.45, 2.75) is 12.4 Å². The third-order valence-corrected chi connectivity index (χ3v) is 3.68. The summed E-state index contributed by atoms with van der Waals surface area (Å²) in [5.41, 5.74) is -3.02. The van der Waals surface area contributed by atoms with Gasteiger partial charge in [-0.1, -0.05) is 6.07 Å². The molecule has 0 fully saturated rings. The predicted octanol–water partition coefficient (Wildman–Crippen LogP) is 4.90. The number of alkyl halides is 6. The number of hydrogen-bond acceptors (Lipinski definition) is 4. The summed E-state index contributed by atoms with van der Waals surface area (Å²) >= 11 is 0. The molecule has 5 nitrogen and oxygen atoms in total. The van der Waals surface area contributed by atoms with Gasteiger partial charge < -0.3 is 0 Å². The first-order chi connectivity index (χ1) is 13.6. The Bertz CT molecular complexity index is 1060. The van der Waals surface area contributed by atoms with E-state index in [2.05, 4.69) is 15.1 Å². The summed E-state index contributed by atoms with van der Waals surface area (Å²) in [5.74, 6) is -0.365. The maximum absolute atomic E-state index is 13.0. The quantitative estimate of drug-likeness (QED) is 0.456. The normalized spacial score (nSPS) is 12.7. The number of nitriles is 1. The molecule has 148 valence electrons. The van der Waals surface area contributed by atoms with E-state index in [1.165, 1.54) is 12.4 Å². The molecule has 29 heavy (non-hydrogen) atoms. The number of halogens is 6. The summed E-state index contributed by atoms with van der Waals surface area (Å²) in [7, 11) is 0. The highest BCUT2D eigenvalue weighted by Gasteiger charge is 2.37. The van der Waals surface area contributed by atoms with E-state index in [0.717, 1.165) is 11.0 Å². The van der Waals surface area contributed by atoms with Crippen molar-refractivity contribution in [1.29, 1.82) is 5.26 Å². The topological polar surface area (TPSA) is 67.4 Å². The number of pyridine rings is 1. The number of nitrogens with zero attached hydrogens (tertiary/aromatic N) is 5. The molecule has 2 heterocycles. The van der Waals surface area contributed by atoms with Crippen LogP contribution in [-0.2, 0) is 12.4 Å². The Hall–Kier alpha value is -3.68. The van der Waals surface area contributed by atoms with Gasteiger partial charge in [0.15, 0.2) is 5.82 Å². The highest BCUT2D eigenvalue weighted by molar-refractivity contribution is 5.83. The zero-order valence-electron chi connectivity index (χ0n) is 14.2. The van der Waals surface area contributed by atoms with Crippen molar-refractivity contribution in [3.8, 4) is 17.5 Å². The lowest BCUT2D eigenvalue weighted by Crippen LogP contribution is -2.11. The molecule has 0 spiro atoms. The van der Waals surface area contributed by atoms with Crippen molar-refractivity contribution in [1.82, 2.24) is 19.7 Å². The van der Waals surface area contributed by atoms with Crippen LogP contribution < -0.4 is 0 Å². The first kappa shape index (κ1) is 20.1. The van der Waals surface area contributed by atoms with Crippen molar-refractivity contribution >= 4 is 11.8 Å². The third kappa shape index (κ3) is 4.60. The molecule has 0 aliphatic carbocycles. The van der Waals surface area contributed by atoms with Gasteiger partial charge in [0.2, 0.25) is 0 Å². The van der Waals surface area contributed by atoms with Gasteiger partial charge in [-0.15, -0.1) is 5.10 Å². The highest BCUT2D eigenvalue weighted by atomic mass is 19.4. The molecule has 0 saturated heterocycles. The van der Waals surface area contributed by atoms with Crippen LogP contribution in [0, 0.1) is 11.3 Å². The number of rotatable bonds is 3. The van der Waals surface area contributed by atoms with Gasteiger partial charge in [-0.05, 0) is 30.3 Å². The molecule has 0 radical (unpaired) electrons. The molecule has 0 amide bonds. The number of allylic oxidation sites excluding steroid dienone is 1. The molecule has 0 aliphatic rings. The number of aromatic nitrogens is 4. The molecule has 0 bridgehead atoms. The van der Waals surface area contributed by atoms with Crippen molar-refractivity contribution in [2.24, 2.45) is 0 Å². The van der Waals surface area contributed by atoms with Crippen molar-refractivity contribution in [3.05, 3.63) is 65.7 Å². The minimum atomic E-state index is -4.98. The van der Waals surface area contributed by atoms with Crippen molar-refractivity contribution < 1.29 is 26.3 Å². The fourth-order valence-corrected chi connectivity index (χ4v) is 2.36. The van der Waals surface area contributed by atoms with Gasteiger partial charge in [0, 0.05) is 11.8 Å². The van der Waals surface area contributed by atoms with E-state index in [-0.39, 0.29) is 17.5 Å². The Balaban J connectivity index is 2.04. The van der Waals surface area contributed by atoms with Crippen LogP contribution in [0.1, 0.15) is 16.8 Å². The van der Waals surface area contributed by atoms with Crippen molar-refractivity contribution in [2.75, 3.05) is 0 Å². The molecular formula is C18H9F6N5. The number of hydrogen-bond donors (Lipinski definition) is 0. The zero-order valence-corrected chi connectivity index (χ0v) is 14.2. The molecule has 3 rings (SSSR count). The van der Waals surface area contributed by atoms with Crippen LogP contribution in [0.2, 0.25) is 0 Å². The van der Waals surface area contributed by atoms with Gasteiger partial charge in [0.25, 0.3) is 0 Å². The van der Waals surface area contributed by atoms with Gasteiger partial charge >= 0.3 is 12.4 Å². The summed E-state index contributed by atoms with van der Waals surface area (Å²) in [6.45, 7) is 0. The second kappa shape index (κ2) is 7.38. The molecule has 0 unspecified atom stereocenters. The maximum Gasteiger partial charge on any atom is 0.416 e. The summed E-state index contributed by atoms with van der Waals surface area (Å²) in [6.07, 6.45) is -6.24. The standard InChI is InChI=1S/C18H9F6N5/c19-17(20,21)13-5-11(6-14(7-13)18(22,23)24)16-27-10-29(28-16)9-12(8-25)15-3-1-2-4-26-15/h1-7,9-10H/b12-9+. The van der Waals surface area contributed by atoms with E-state index < -0.39 is 29.0 Å². The van der Waals surface area contributed by atoms with E-state index in [1.807, 2.05) is 6.07 Å². The fourth-order valence-electron chi connectivity index (χ4n) is 2.36. The monoisotopic (exact) mass is 409 g/mol. The van der Waals surface area contributed by atoms with Gasteiger partial charge in [0.05, 0.1) is 28.6 Å². The first-order valence-corrected chi connectivity index (χ1v) is 7.82. The van der Waals surface area contributed by atoms with E-state index in [1.54, 1.807) is 18.2 Å². The van der Waals surface area contributed by atoms with Crippen LogP contribution in [0.3, 0.4) is 0 Å². The Morgan fingerprint density at radius 3 is 2.14 bits per heavy atom. The second-order valence-electron chi connectivity index (χ2n) is 5.71. The molecule has 11 heteroatoms. The maximum atomic E-state index is 13.0. The summed E-state index contributed by atoms with van der Waals surface area (Å²) < 4.78 is 79.0.